The first-order valence-electron chi connectivity index (χ1n) is 9.29. The Bertz CT molecular complexity index is 1320. The molecule has 1 aliphatic rings. The van der Waals surface area contributed by atoms with Crippen LogP contribution in [-0.4, -0.2) is 33.1 Å². The Morgan fingerprint density at radius 1 is 0.742 bits per heavy atom. The van der Waals surface area contributed by atoms with Gasteiger partial charge >= 0.3 is 5.97 Å². The number of fused-ring (bicyclic) bond motifs is 1. The van der Waals surface area contributed by atoms with Crippen molar-refractivity contribution in [2.45, 2.75) is 0 Å². The monoisotopic (exact) mass is 411 g/mol. The summed E-state index contributed by atoms with van der Waals surface area (Å²) in [4.78, 5) is 37.9. The van der Waals surface area contributed by atoms with Crippen LogP contribution in [0.1, 0.15) is 31.1 Å². The van der Waals surface area contributed by atoms with Crippen molar-refractivity contribution < 1.29 is 23.9 Å². The predicted molar refractivity (Wildman–Crippen MR) is 110 cm³/mol. The molecule has 4 aromatic rings. The first kappa shape index (κ1) is 18.4. The summed E-state index contributed by atoms with van der Waals surface area (Å²) in [7, 11) is 0. The first-order valence-corrected chi connectivity index (χ1v) is 9.29. The zero-order valence-electron chi connectivity index (χ0n) is 15.9. The van der Waals surface area contributed by atoms with Gasteiger partial charge in [-0.2, -0.15) is 0 Å². The maximum atomic E-state index is 12.9. The van der Waals surface area contributed by atoms with Crippen molar-refractivity contribution in [3.05, 3.63) is 89.5 Å². The molecule has 8 heteroatoms. The lowest BCUT2D eigenvalue weighted by molar-refractivity contribution is 0.0696. The molecule has 2 amide bonds. The fraction of sp³-hybridized carbons (Fsp3) is 0. The number of carboxylic acids is 1. The van der Waals surface area contributed by atoms with Crippen molar-refractivity contribution in [1.82, 2.24) is 10.2 Å². The van der Waals surface area contributed by atoms with Crippen molar-refractivity contribution in [3.63, 3.8) is 0 Å². The van der Waals surface area contributed by atoms with Crippen molar-refractivity contribution in [2.24, 2.45) is 0 Å². The highest BCUT2D eigenvalue weighted by Crippen LogP contribution is 2.36. The Kier molecular flexibility index (Phi) is 4.18. The number of rotatable bonds is 4. The molecule has 0 bridgehead atoms. The van der Waals surface area contributed by atoms with Crippen LogP contribution < -0.4 is 4.90 Å². The molecule has 0 unspecified atom stereocenters. The number of imide groups is 1. The summed E-state index contributed by atoms with van der Waals surface area (Å²) in [5.74, 6) is -1.56. The number of carboxylic acid groups (broad SMARTS) is 1. The minimum absolute atomic E-state index is 0.129. The van der Waals surface area contributed by atoms with Gasteiger partial charge in [0, 0.05) is 5.56 Å². The predicted octanol–water partition coefficient (Wildman–Crippen LogP) is 3.90. The highest BCUT2D eigenvalue weighted by atomic mass is 16.4. The van der Waals surface area contributed by atoms with Crippen LogP contribution in [0, 0.1) is 0 Å². The van der Waals surface area contributed by atoms with Gasteiger partial charge in [0.25, 0.3) is 11.8 Å². The van der Waals surface area contributed by atoms with E-state index in [-0.39, 0.29) is 17.3 Å². The molecule has 1 N–H and O–H groups in total. The van der Waals surface area contributed by atoms with Gasteiger partial charge in [0.2, 0.25) is 11.8 Å². The fourth-order valence-electron chi connectivity index (χ4n) is 3.46. The number of carbonyl (C=O) groups excluding carboxylic acids is 2. The summed E-state index contributed by atoms with van der Waals surface area (Å²) in [6.07, 6.45) is 0. The molecule has 1 aromatic heterocycles. The highest BCUT2D eigenvalue weighted by Gasteiger charge is 2.37. The summed E-state index contributed by atoms with van der Waals surface area (Å²) >= 11 is 0. The lowest BCUT2D eigenvalue weighted by Crippen LogP contribution is -2.29. The fourth-order valence-corrected chi connectivity index (χ4v) is 3.46. The quantitative estimate of drug-likeness (QED) is 0.507. The van der Waals surface area contributed by atoms with E-state index in [9.17, 15) is 14.4 Å². The topological polar surface area (TPSA) is 114 Å². The van der Waals surface area contributed by atoms with Gasteiger partial charge in [0.1, 0.15) is 0 Å². The molecule has 0 atom stereocenters. The van der Waals surface area contributed by atoms with E-state index in [1.807, 2.05) is 0 Å². The van der Waals surface area contributed by atoms with E-state index >= 15 is 0 Å². The lowest BCUT2D eigenvalue weighted by Gasteiger charge is -2.16. The Morgan fingerprint density at radius 2 is 1.29 bits per heavy atom. The van der Waals surface area contributed by atoms with E-state index in [1.54, 1.807) is 60.7 Å². The molecule has 0 aliphatic carbocycles. The number of benzene rings is 3. The number of aromatic nitrogens is 2. The summed E-state index contributed by atoms with van der Waals surface area (Å²) in [6.45, 7) is 0. The number of nitrogens with zero attached hydrogens (tertiary/aromatic N) is 3. The van der Waals surface area contributed by atoms with E-state index in [4.69, 9.17) is 9.52 Å². The van der Waals surface area contributed by atoms with Gasteiger partial charge in [-0.1, -0.05) is 24.3 Å². The van der Waals surface area contributed by atoms with Crippen LogP contribution in [0.4, 0.5) is 5.69 Å². The van der Waals surface area contributed by atoms with E-state index < -0.39 is 17.8 Å². The van der Waals surface area contributed by atoms with Gasteiger partial charge in [-0.25, -0.2) is 9.69 Å². The molecular weight excluding hydrogens is 398 g/mol. The molecule has 0 radical (unpaired) electrons. The molecule has 3 aromatic carbocycles. The Labute approximate surface area is 175 Å². The van der Waals surface area contributed by atoms with Crippen LogP contribution in [0.15, 0.2) is 77.2 Å². The van der Waals surface area contributed by atoms with Gasteiger partial charge in [-0.3, -0.25) is 9.59 Å². The first-order chi connectivity index (χ1) is 15.0. The minimum atomic E-state index is -1.03. The van der Waals surface area contributed by atoms with Gasteiger partial charge < -0.3 is 9.52 Å². The molecule has 5 rings (SSSR count). The number of amides is 2. The third kappa shape index (κ3) is 2.98. The highest BCUT2D eigenvalue weighted by molar-refractivity contribution is 6.35. The summed E-state index contributed by atoms with van der Waals surface area (Å²) in [5, 5.41) is 17.1. The summed E-state index contributed by atoms with van der Waals surface area (Å²) < 4.78 is 5.79. The van der Waals surface area contributed by atoms with Gasteiger partial charge in [-0.15, -0.1) is 10.2 Å². The SMILES string of the molecule is O=C(O)c1ccc(-c2nnc(-c3ccccc3N3C(=O)c4ccccc4C3=O)o2)cc1. The van der Waals surface area contributed by atoms with E-state index in [1.165, 1.54) is 12.1 Å². The number of aromatic carboxylic acids is 1. The number of anilines is 1. The molecule has 2 heterocycles. The van der Waals surface area contributed by atoms with Crippen molar-refractivity contribution >= 4 is 23.5 Å². The van der Waals surface area contributed by atoms with Gasteiger partial charge in [-0.05, 0) is 48.5 Å². The maximum absolute atomic E-state index is 12.9. The smallest absolute Gasteiger partial charge is 0.335 e. The van der Waals surface area contributed by atoms with Crippen LogP contribution in [0.5, 0.6) is 0 Å². The third-order valence-electron chi connectivity index (χ3n) is 4.97. The van der Waals surface area contributed by atoms with E-state index in [2.05, 4.69) is 10.2 Å². The minimum Gasteiger partial charge on any atom is -0.478 e. The van der Waals surface area contributed by atoms with Crippen LogP contribution in [0.25, 0.3) is 22.9 Å². The molecule has 0 saturated heterocycles. The van der Waals surface area contributed by atoms with Crippen molar-refractivity contribution in [2.75, 3.05) is 4.90 Å². The van der Waals surface area contributed by atoms with E-state index in [0.29, 0.717) is 27.9 Å². The molecule has 1 aliphatic heterocycles. The van der Waals surface area contributed by atoms with Crippen LogP contribution in [0.3, 0.4) is 0 Å². The second kappa shape index (κ2) is 7.03. The molecule has 0 saturated carbocycles. The van der Waals surface area contributed by atoms with Crippen LogP contribution in [-0.2, 0) is 0 Å². The van der Waals surface area contributed by atoms with Gasteiger partial charge in [0.15, 0.2) is 0 Å². The third-order valence-corrected chi connectivity index (χ3v) is 4.97. The average molecular weight is 411 g/mol. The number of para-hydroxylation sites is 1. The summed E-state index contributed by atoms with van der Waals surface area (Å²) in [5.41, 5.74) is 2.13. The average Bonchev–Trinajstić information content (AvgIpc) is 3.38. The molecule has 150 valence electrons. The molecule has 0 spiro atoms. The van der Waals surface area contributed by atoms with Crippen molar-refractivity contribution in [1.29, 1.82) is 0 Å². The lowest BCUT2D eigenvalue weighted by atomic mass is 10.1. The largest absolute Gasteiger partial charge is 0.478 e. The van der Waals surface area contributed by atoms with Crippen LogP contribution in [0.2, 0.25) is 0 Å². The standard InChI is InChI=1S/C23H13N3O5/c27-21-15-5-1-2-6-16(15)22(28)26(21)18-8-4-3-7-17(18)20-25-24-19(31-20)13-9-11-14(12-10-13)23(29)30/h1-12H,(H,29,30). The van der Waals surface area contributed by atoms with E-state index in [0.717, 1.165) is 4.90 Å². The van der Waals surface area contributed by atoms with Gasteiger partial charge in [0.05, 0.1) is 27.9 Å². The zero-order valence-corrected chi connectivity index (χ0v) is 15.9. The molecule has 0 fully saturated rings. The van der Waals surface area contributed by atoms with Crippen molar-refractivity contribution in [3.8, 4) is 22.9 Å². The zero-order chi connectivity index (χ0) is 21.5. The molecule has 31 heavy (non-hydrogen) atoms. The van der Waals surface area contributed by atoms with Crippen LogP contribution >= 0.6 is 0 Å². The Hall–Kier alpha value is -4.59. The Morgan fingerprint density at radius 3 is 1.90 bits per heavy atom. The number of hydrogen-bond donors (Lipinski definition) is 1. The molecular formula is C23H13N3O5. The second-order valence-corrected chi connectivity index (χ2v) is 6.80. The number of hydrogen-bond acceptors (Lipinski definition) is 6. The maximum Gasteiger partial charge on any atom is 0.335 e. The Balaban J connectivity index is 1.54. The normalized spacial score (nSPS) is 12.8. The second-order valence-electron chi connectivity index (χ2n) is 6.80. The number of carbonyl (C=O) groups is 3. The summed E-state index contributed by atoms with van der Waals surface area (Å²) in [6, 6.07) is 19.4. The molecule has 8 nitrogen and oxygen atoms in total.